The van der Waals surface area contributed by atoms with Crippen LogP contribution in [0.15, 0.2) is 48.5 Å². The topological polar surface area (TPSA) is 43.4 Å². The Morgan fingerprint density at radius 2 is 1.70 bits per heavy atom. The van der Waals surface area contributed by atoms with E-state index in [1.165, 1.54) is 7.11 Å². The average Bonchev–Trinajstić information content (AvgIpc) is 2.55. The molecule has 23 heavy (non-hydrogen) atoms. The van der Waals surface area contributed by atoms with Gasteiger partial charge < -0.3 is 9.53 Å². The van der Waals surface area contributed by atoms with Crippen LogP contribution in [-0.2, 0) is 11.0 Å². The van der Waals surface area contributed by atoms with Gasteiger partial charge in [0.2, 0.25) is 0 Å². The number of benzene rings is 2. The first-order valence-corrected chi connectivity index (χ1v) is 6.68. The molecule has 0 aromatic heterocycles. The SMILES string of the molecule is COc1ccccc1C(C=O)C(=O)c1ccc(C(F)(F)F)cc1. The molecule has 1 unspecified atom stereocenters. The third-order valence-corrected chi connectivity index (χ3v) is 3.39. The molecule has 3 nitrogen and oxygen atoms in total. The molecular formula is C17H13F3O3. The Bertz CT molecular complexity index is 706. The van der Waals surface area contributed by atoms with E-state index in [4.69, 9.17) is 4.74 Å². The highest BCUT2D eigenvalue weighted by molar-refractivity contribution is 6.09. The van der Waals surface area contributed by atoms with E-state index in [0.717, 1.165) is 24.3 Å². The molecular weight excluding hydrogens is 309 g/mol. The molecule has 0 fully saturated rings. The fraction of sp³-hybridized carbons (Fsp3) is 0.176. The first-order chi connectivity index (χ1) is 10.9. The number of rotatable bonds is 5. The van der Waals surface area contributed by atoms with Crippen LogP contribution in [0.4, 0.5) is 13.2 Å². The number of methoxy groups -OCH3 is 1. The number of aldehydes is 1. The van der Waals surface area contributed by atoms with Crippen molar-refractivity contribution in [3.8, 4) is 5.75 Å². The van der Waals surface area contributed by atoms with Crippen LogP contribution in [0.2, 0.25) is 0 Å². The van der Waals surface area contributed by atoms with Crippen LogP contribution in [0.1, 0.15) is 27.4 Å². The summed E-state index contributed by atoms with van der Waals surface area (Å²) >= 11 is 0. The van der Waals surface area contributed by atoms with Gasteiger partial charge in [0.25, 0.3) is 0 Å². The molecule has 2 aromatic rings. The third-order valence-electron chi connectivity index (χ3n) is 3.39. The zero-order valence-electron chi connectivity index (χ0n) is 12.1. The Balaban J connectivity index is 2.35. The van der Waals surface area contributed by atoms with E-state index in [9.17, 15) is 22.8 Å². The van der Waals surface area contributed by atoms with E-state index in [1.54, 1.807) is 24.3 Å². The molecule has 0 aliphatic rings. The number of ether oxygens (including phenoxy) is 1. The van der Waals surface area contributed by atoms with Crippen LogP contribution in [0.25, 0.3) is 0 Å². The highest BCUT2D eigenvalue weighted by Gasteiger charge is 2.31. The van der Waals surface area contributed by atoms with Gasteiger partial charge >= 0.3 is 6.18 Å². The van der Waals surface area contributed by atoms with Crippen molar-refractivity contribution in [3.05, 3.63) is 65.2 Å². The van der Waals surface area contributed by atoms with Crippen LogP contribution >= 0.6 is 0 Å². The van der Waals surface area contributed by atoms with Gasteiger partial charge in [-0.15, -0.1) is 0 Å². The molecule has 6 heteroatoms. The zero-order chi connectivity index (χ0) is 17.0. The summed E-state index contributed by atoms with van der Waals surface area (Å²) in [4.78, 5) is 23.8. The molecule has 0 N–H and O–H groups in total. The van der Waals surface area contributed by atoms with Gasteiger partial charge in [-0.2, -0.15) is 13.2 Å². The van der Waals surface area contributed by atoms with Crippen molar-refractivity contribution in [2.45, 2.75) is 12.1 Å². The standard InChI is InChI=1S/C17H13F3O3/c1-23-15-5-3-2-4-13(15)14(10-21)16(22)11-6-8-12(9-7-11)17(18,19)20/h2-10,14H,1H3. The molecule has 0 heterocycles. The summed E-state index contributed by atoms with van der Waals surface area (Å²) in [6, 6.07) is 10.3. The highest BCUT2D eigenvalue weighted by atomic mass is 19.4. The van der Waals surface area contributed by atoms with Gasteiger partial charge in [-0.3, -0.25) is 4.79 Å². The zero-order valence-corrected chi connectivity index (χ0v) is 12.1. The lowest BCUT2D eigenvalue weighted by Gasteiger charge is -2.14. The number of halogens is 3. The normalized spacial score (nSPS) is 12.5. The monoisotopic (exact) mass is 322 g/mol. The van der Waals surface area contributed by atoms with Gasteiger partial charge in [0, 0.05) is 11.1 Å². The third kappa shape index (κ3) is 3.59. The van der Waals surface area contributed by atoms with Gasteiger partial charge in [0.1, 0.15) is 18.0 Å². The predicted octanol–water partition coefficient (Wildman–Crippen LogP) is 3.88. The number of hydrogen-bond donors (Lipinski definition) is 0. The predicted molar refractivity (Wildman–Crippen MR) is 77.6 cm³/mol. The Morgan fingerprint density at radius 3 is 2.22 bits per heavy atom. The largest absolute Gasteiger partial charge is 0.496 e. The lowest BCUT2D eigenvalue weighted by molar-refractivity contribution is -0.137. The molecule has 0 saturated carbocycles. The maximum absolute atomic E-state index is 12.6. The number of ketones is 1. The average molecular weight is 322 g/mol. The van der Waals surface area contributed by atoms with Gasteiger partial charge in [-0.1, -0.05) is 30.3 Å². The maximum atomic E-state index is 12.6. The molecule has 2 rings (SSSR count). The van der Waals surface area contributed by atoms with E-state index in [-0.39, 0.29) is 5.56 Å². The minimum atomic E-state index is -4.48. The van der Waals surface area contributed by atoms with Gasteiger partial charge in [0.05, 0.1) is 12.7 Å². The molecule has 0 radical (unpaired) electrons. The number of hydrogen-bond acceptors (Lipinski definition) is 3. The smallest absolute Gasteiger partial charge is 0.416 e. The maximum Gasteiger partial charge on any atom is 0.416 e. The second kappa shape index (κ2) is 6.64. The van der Waals surface area contributed by atoms with Gasteiger partial charge in [-0.25, -0.2) is 0 Å². The Labute approximate surface area is 130 Å². The van der Waals surface area contributed by atoms with E-state index >= 15 is 0 Å². The number of carbonyl (C=O) groups is 2. The summed E-state index contributed by atoms with van der Waals surface area (Å²) in [6.07, 6.45) is -4.02. The molecule has 120 valence electrons. The van der Waals surface area contributed by atoms with Crippen LogP contribution < -0.4 is 4.74 Å². The molecule has 0 aliphatic carbocycles. The van der Waals surface area contributed by atoms with Crippen molar-refractivity contribution in [1.82, 2.24) is 0 Å². The van der Waals surface area contributed by atoms with E-state index in [0.29, 0.717) is 17.6 Å². The lowest BCUT2D eigenvalue weighted by Crippen LogP contribution is -2.15. The van der Waals surface area contributed by atoms with E-state index in [1.807, 2.05) is 0 Å². The molecule has 0 saturated heterocycles. The molecule has 0 spiro atoms. The molecule has 1 atom stereocenters. The fourth-order valence-corrected chi connectivity index (χ4v) is 2.20. The first-order valence-electron chi connectivity index (χ1n) is 6.68. The summed E-state index contributed by atoms with van der Waals surface area (Å²) in [7, 11) is 1.41. The van der Waals surface area contributed by atoms with Crippen molar-refractivity contribution in [2.24, 2.45) is 0 Å². The molecule has 2 aromatic carbocycles. The summed E-state index contributed by atoms with van der Waals surface area (Å²) in [5.74, 6) is -1.36. The number of alkyl halides is 3. The second-order valence-corrected chi connectivity index (χ2v) is 4.80. The van der Waals surface area contributed by atoms with Crippen LogP contribution in [0.5, 0.6) is 5.75 Å². The Morgan fingerprint density at radius 1 is 1.09 bits per heavy atom. The van der Waals surface area contributed by atoms with Gasteiger partial charge in [0.15, 0.2) is 5.78 Å². The number of carbonyl (C=O) groups excluding carboxylic acids is 2. The quantitative estimate of drug-likeness (QED) is 0.477. The fourth-order valence-electron chi connectivity index (χ4n) is 2.20. The van der Waals surface area contributed by atoms with Crippen LogP contribution in [0, 0.1) is 0 Å². The first kappa shape index (κ1) is 16.7. The summed E-state index contributed by atoms with van der Waals surface area (Å²) in [6.45, 7) is 0. The van der Waals surface area contributed by atoms with E-state index < -0.39 is 23.4 Å². The van der Waals surface area contributed by atoms with Crippen molar-refractivity contribution in [3.63, 3.8) is 0 Å². The van der Waals surface area contributed by atoms with Crippen molar-refractivity contribution >= 4 is 12.1 Å². The lowest BCUT2D eigenvalue weighted by atomic mass is 9.91. The highest BCUT2D eigenvalue weighted by Crippen LogP contribution is 2.31. The minimum Gasteiger partial charge on any atom is -0.496 e. The van der Waals surface area contributed by atoms with Crippen molar-refractivity contribution in [1.29, 1.82) is 0 Å². The van der Waals surface area contributed by atoms with Crippen LogP contribution in [0.3, 0.4) is 0 Å². The van der Waals surface area contributed by atoms with Crippen molar-refractivity contribution < 1.29 is 27.5 Å². The summed E-state index contributed by atoms with van der Waals surface area (Å²) in [5, 5.41) is 0. The number of para-hydroxylation sites is 1. The van der Waals surface area contributed by atoms with Crippen LogP contribution in [-0.4, -0.2) is 19.2 Å². The molecule has 0 bridgehead atoms. The summed E-state index contributed by atoms with van der Waals surface area (Å²) < 4.78 is 42.8. The molecule has 0 amide bonds. The summed E-state index contributed by atoms with van der Waals surface area (Å²) in [5.41, 5.74) is -0.454. The Kier molecular flexibility index (Phi) is 4.83. The number of Topliss-reactive ketones (excluding diaryl/α,β-unsaturated/α-hetero) is 1. The minimum absolute atomic E-state index is 0.0287. The van der Waals surface area contributed by atoms with Crippen molar-refractivity contribution in [2.75, 3.05) is 7.11 Å². The second-order valence-electron chi connectivity index (χ2n) is 4.80. The van der Waals surface area contributed by atoms with Gasteiger partial charge in [-0.05, 0) is 18.2 Å². The van der Waals surface area contributed by atoms with E-state index in [2.05, 4.69) is 0 Å². The Hall–Kier alpha value is -2.63. The molecule has 0 aliphatic heterocycles.